The van der Waals surface area contributed by atoms with Crippen LogP contribution in [0, 0.1) is 40.7 Å². The van der Waals surface area contributed by atoms with Crippen molar-refractivity contribution in [2.45, 2.75) is 47.0 Å². The summed E-state index contributed by atoms with van der Waals surface area (Å²) in [4.78, 5) is 0. The second kappa shape index (κ2) is 9.07. The minimum atomic E-state index is 0. The van der Waals surface area contributed by atoms with Crippen molar-refractivity contribution in [2.24, 2.45) is 0 Å². The number of benzene rings is 2. The number of hydrogen-bond acceptors (Lipinski definition) is 0. The first-order valence-corrected chi connectivity index (χ1v) is 9.37. The van der Waals surface area contributed by atoms with Gasteiger partial charge in [-0.3, -0.25) is 0 Å². The van der Waals surface area contributed by atoms with Gasteiger partial charge in [-0.1, -0.05) is 70.5 Å². The molecule has 0 bridgehead atoms. The Hall–Kier alpha value is -1.59. The Balaban J connectivity index is 0.000000208. The molecule has 0 saturated heterocycles. The van der Waals surface area contributed by atoms with Crippen molar-refractivity contribution < 1.29 is 26.2 Å². The maximum Gasteiger partial charge on any atom is 2.00 e. The molecule has 0 fully saturated rings. The maximum absolute atomic E-state index is 3.86. The van der Waals surface area contributed by atoms with Crippen molar-refractivity contribution in [3.63, 3.8) is 0 Å². The predicted octanol–water partition coefficient (Wildman–Crippen LogP) is 7.12. The summed E-state index contributed by atoms with van der Waals surface area (Å²) in [6.45, 7) is 14.9. The van der Waals surface area contributed by atoms with E-state index in [1.54, 1.807) is 0 Å². The van der Waals surface area contributed by atoms with E-state index in [0.29, 0.717) is 5.92 Å². The average molecular weight is 432 g/mol. The third-order valence-electron chi connectivity index (χ3n) is 6.08. The van der Waals surface area contributed by atoms with E-state index in [2.05, 4.69) is 83.7 Å². The van der Waals surface area contributed by atoms with Crippen LogP contribution >= 0.6 is 0 Å². The third kappa shape index (κ3) is 3.99. The molecule has 0 amide bonds. The second-order valence-electron chi connectivity index (χ2n) is 7.29. The second-order valence-corrected chi connectivity index (χ2v) is 7.29. The van der Waals surface area contributed by atoms with Crippen molar-refractivity contribution in [1.82, 2.24) is 0 Å². The first-order valence-electron chi connectivity index (χ1n) is 9.37. The number of fused-ring (bicyclic) bond motifs is 3. The van der Waals surface area contributed by atoms with Gasteiger partial charge >= 0.3 is 26.2 Å². The van der Waals surface area contributed by atoms with E-state index in [9.17, 15) is 0 Å². The first-order chi connectivity index (χ1) is 12.5. The molecule has 136 valence electrons. The van der Waals surface area contributed by atoms with E-state index < -0.39 is 0 Å². The van der Waals surface area contributed by atoms with Gasteiger partial charge in [-0.05, 0) is 17.9 Å². The molecule has 1 unspecified atom stereocenters. The van der Waals surface area contributed by atoms with Crippen LogP contribution in [0.15, 0.2) is 55.1 Å². The molecule has 1 heteroatoms. The average Bonchev–Trinajstić information content (AvgIpc) is 3.07. The molecule has 27 heavy (non-hydrogen) atoms. The predicted molar refractivity (Wildman–Crippen MR) is 113 cm³/mol. The molecule has 0 nitrogen and oxygen atoms in total. The largest absolute Gasteiger partial charge is 2.00 e. The van der Waals surface area contributed by atoms with E-state index in [0.717, 1.165) is 6.42 Å². The molecule has 3 aromatic carbocycles. The Kier molecular flexibility index (Phi) is 7.29. The molecule has 4 rings (SSSR count). The molecule has 1 aliphatic carbocycles. The summed E-state index contributed by atoms with van der Waals surface area (Å²) in [6.07, 6.45) is 2.99. The van der Waals surface area contributed by atoms with Gasteiger partial charge in [0, 0.05) is 0 Å². The van der Waals surface area contributed by atoms with Gasteiger partial charge in [0.05, 0.1) is 0 Å². The number of hydrogen-bond donors (Lipinski definition) is 0. The standard InChI is InChI=1S/C16H13.C10H15.Zr/c1-2-7-12-13-8-3-5-10-15(13)16-11-6-4-9-14(12)16;1-6-7(2)9(4)10(5)8(6)3;/h2-6,8,10-12H,1,7H2;1-5H3;/q2*-1;+2. The van der Waals surface area contributed by atoms with Crippen LogP contribution in [0.5, 0.6) is 0 Å². The fraction of sp³-hybridized carbons (Fsp3) is 0.269. The van der Waals surface area contributed by atoms with Crippen molar-refractivity contribution in [3.8, 4) is 11.1 Å². The SMILES string of the molecule is C=CCC1c2[c-]cccc2-c2ccccc21.Cc1c(C)c(C)[c-](C)c1C.[Zr+2]. The maximum atomic E-state index is 3.86. The smallest absolute Gasteiger partial charge is 0.196 e. The molecule has 0 aliphatic heterocycles. The van der Waals surface area contributed by atoms with Crippen molar-refractivity contribution in [1.29, 1.82) is 0 Å². The van der Waals surface area contributed by atoms with E-state index in [1.165, 1.54) is 50.1 Å². The molecule has 0 spiro atoms. The zero-order chi connectivity index (χ0) is 18.8. The molecule has 3 aromatic rings. The van der Waals surface area contributed by atoms with Crippen LogP contribution < -0.4 is 0 Å². The molecule has 0 saturated carbocycles. The first kappa shape index (κ1) is 21.7. The van der Waals surface area contributed by atoms with E-state index in [1.807, 2.05) is 12.1 Å². The van der Waals surface area contributed by atoms with Crippen molar-refractivity contribution >= 4 is 0 Å². The minimum Gasteiger partial charge on any atom is -0.196 e. The van der Waals surface area contributed by atoms with Crippen LogP contribution in [0.4, 0.5) is 0 Å². The van der Waals surface area contributed by atoms with Crippen LogP contribution in [-0.4, -0.2) is 0 Å². The summed E-state index contributed by atoms with van der Waals surface area (Å²) in [6, 6.07) is 18.3. The number of rotatable bonds is 2. The Labute approximate surface area is 183 Å². The molecule has 1 aliphatic rings. The van der Waals surface area contributed by atoms with Crippen LogP contribution in [0.25, 0.3) is 11.1 Å². The molecular weight excluding hydrogens is 404 g/mol. The van der Waals surface area contributed by atoms with Crippen LogP contribution in [0.3, 0.4) is 0 Å². The summed E-state index contributed by atoms with van der Waals surface area (Å²) >= 11 is 0. The van der Waals surface area contributed by atoms with Gasteiger partial charge in [0.1, 0.15) is 0 Å². The summed E-state index contributed by atoms with van der Waals surface area (Å²) in [7, 11) is 0. The molecular formula is C26H28Zr. The van der Waals surface area contributed by atoms with Crippen LogP contribution in [0.1, 0.15) is 51.3 Å². The van der Waals surface area contributed by atoms with Crippen molar-refractivity contribution in [3.05, 3.63) is 100 Å². The van der Waals surface area contributed by atoms with Gasteiger partial charge in [0.2, 0.25) is 0 Å². The van der Waals surface area contributed by atoms with E-state index in [4.69, 9.17) is 0 Å². The van der Waals surface area contributed by atoms with Crippen LogP contribution in [-0.2, 0) is 26.2 Å². The summed E-state index contributed by atoms with van der Waals surface area (Å²) in [5.74, 6) is 0.449. The normalized spacial score (nSPS) is 13.7. The molecule has 0 aromatic heterocycles. The fourth-order valence-corrected chi connectivity index (χ4v) is 3.99. The van der Waals surface area contributed by atoms with Crippen molar-refractivity contribution in [2.75, 3.05) is 0 Å². The number of allylic oxidation sites excluding steroid dienone is 1. The zero-order valence-electron chi connectivity index (χ0n) is 17.1. The quantitative estimate of drug-likeness (QED) is 0.299. The Morgan fingerprint density at radius 3 is 2.11 bits per heavy atom. The molecule has 0 radical (unpaired) electrons. The van der Waals surface area contributed by atoms with Gasteiger partial charge in [0.15, 0.2) is 0 Å². The van der Waals surface area contributed by atoms with Gasteiger partial charge < -0.3 is 0 Å². The Morgan fingerprint density at radius 2 is 1.56 bits per heavy atom. The molecule has 1 atom stereocenters. The Morgan fingerprint density at radius 1 is 0.963 bits per heavy atom. The summed E-state index contributed by atoms with van der Waals surface area (Å²) in [5.41, 5.74) is 12.8. The van der Waals surface area contributed by atoms with Gasteiger partial charge in [0.25, 0.3) is 0 Å². The zero-order valence-corrected chi connectivity index (χ0v) is 19.6. The summed E-state index contributed by atoms with van der Waals surface area (Å²) < 4.78 is 0. The molecule has 0 heterocycles. The molecule has 0 N–H and O–H groups in total. The third-order valence-corrected chi connectivity index (χ3v) is 6.08. The fourth-order valence-electron chi connectivity index (χ4n) is 3.99. The van der Waals surface area contributed by atoms with E-state index >= 15 is 0 Å². The van der Waals surface area contributed by atoms with Gasteiger partial charge in [-0.2, -0.15) is 52.1 Å². The minimum absolute atomic E-state index is 0. The summed E-state index contributed by atoms with van der Waals surface area (Å²) in [5, 5.41) is 0. The van der Waals surface area contributed by atoms with Gasteiger partial charge in [-0.25, -0.2) is 0 Å². The Bertz CT molecular complexity index is 817. The topological polar surface area (TPSA) is 0 Å². The van der Waals surface area contributed by atoms with Crippen LogP contribution in [0.2, 0.25) is 0 Å². The van der Waals surface area contributed by atoms with Gasteiger partial charge in [-0.15, -0.1) is 17.7 Å². The monoisotopic (exact) mass is 430 g/mol. The van der Waals surface area contributed by atoms with E-state index in [-0.39, 0.29) is 26.2 Å².